The molecular formula is C8H6Cl3NO2. The first kappa shape index (κ1) is 11.4. The van der Waals surface area contributed by atoms with Crippen molar-refractivity contribution < 1.29 is 9.90 Å². The summed E-state index contributed by atoms with van der Waals surface area (Å²) >= 11 is 16.0. The van der Waals surface area contributed by atoms with Gasteiger partial charge in [0.25, 0.3) is 9.70 Å². The van der Waals surface area contributed by atoms with Crippen molar-refractivity contribution in [3.05, 3.63) is 24.3 Å². The van der Waals surface area contributed by atoms with E-state index in [-0.39, 0.29) is 5.75 Å². The summed E-state index contributed by atoms with van der Waals surface area (Å²) in [6.45, 7) is 0. The maximum absolute atomic E-state index is 11.2. The lowest BCUT2D eigenvalue weighted by Crippen LogP contribution is -2.26. The van der Waals surface area contributed by atoms with Gasteiger partial charge in [-0.3, -0.25) is 4.79 Å². The molecule has 1 aromatic rings. The average Bonchev–Trinajstić information content (AvgIpc) is 2.02. The third kappa shape index (κ3) is 3.25. The average molecular weight is 254 g/mol. The van der Waals surface area contributed by atoms with Crippen molar-refractivity contribution in [2.75, 3.05) is 5.32 Å². The van der Waals surface area contributed by atoms with Gasteiger partial charge in [-0.05, 0) is 12.1 Å². The number of aromatic hydroxyl groups is 1. The van der Waals surface area contributed by atoms with Gasteiger partial charge in [0.05, 0.1) is 0 Å². The van der Waals surface area contributed by atoms with Gasteiger partial charge in [-0.1, -0.05) is 40.9 Å². The van der Waals surface area contributed by atoms with Crippen molar-refractivity contribution in [3.63, 3.8) is 0 Å². The second kappa shape index (κ2) is 4.26. The van der Waals surface area contributed by atoms with E-state index in [4.69, 9.17) is 39.9 Å². The third-order valence-corrected chi connectivity index (χ3v) is 1.88. The molecule has 0 heterocycles. The zero-order valence-electron chi connectivity index (χ0n) is 6.80. The van der Waals surface area contributed by atoms with E-state index in [0.717, 1.165) is 0 Å². The van der Waals surface area contributed by atoms with Gasteiger partial charge in [0, 0.05) is 11.8 Å². The number of hydrogen-bond acceptors (Lipinski definition) is 2. The summed E-state index contributed by atoms with van der Waals surface area (Å²) in [5, 5.41) is 11.4. The molecule has 0 radical (unpaired) electrons. The zero-order valence-corrected chi connectivity index (χ0v) is 9.07. The number of hydrogen-bond donors (Lipinski definition) is 2. The van der Waals surface area contributed by atoms with Crippen LogP contribution >= 0.6 is 34.8 Å². The molecule has 0 saturated carbocycles. The summed E-state index contributed by atoms with van der Waals surface area (Å²) in [4.78, 5) is 11.2. The quantitative estimate of drug-likeness (QED) is 0.757. The molecule has 6 heteroatoms. The van der Waals surface area contributed by atoms with Crippen LogP contribution in [-0.2, 0) is 4.79 Å². The molecule has 0 unspecified atom stereocenters. The smallest absolute Gasteiger partial charge is 0.276 e. The summed E-state index contributed by atoms with van der Waals surface area (Å²) in [7, 11) is 0. The monoisotopic (exact) mass is 253 g/mol. The largest absolute Gasteiger partial charge is 0.508 e. The van der Waals surface area contributed by atoms with Crippen LogP contribution < -0.4 is 5.32 Å². The number of nitrogens with one attached hydrogen (secondary N) is 1. The van der Waals surface area contributed by atoms with Gasteiger partial charge in [0.1, 0.15) is 5.75 Å². The Morgan fingerprint density at radius 2 is 2.00 bits per heavy atom. The first-order chi connectivity index (χ1) is 6.39. The van der Waals surface area contributed by atoms with Crippen LogP contribution in [0.5, 0.6) is 5.75 Å². The fourth-order valence-corrected chi connectivity index (χ4v) is 0.927. The highest BCUT2D eigenvalue weighted by Gasteiger charge is 2.30. The van der Waals surface area contributed by atoms with E-state index in [2.05, 4.69) is 5.32 Å². The Morgan fingerprint density at radius 3 is 2.50 bits per heavy atom. The number of rotatable bonds is 1. The molecule has 3 nitrogen and oxygen atoms in total. The molecule has 1 aromatic carbocycles. The first-order valence-electron chi connectivity index (χ1n) is 3.57. The van der Waals surface area contributed by atoms with Gasteiger partial charge < -0.3 is 10.4 Å². The van der Waals surface area contributed by atoms with Crippen molar-refractivity contribution in [2.45, 2.75) is 3.79 Å². The van der Waals surface area contributed by atoms with Crippen LogP contribution in [0.2, 0.25) is 0 Å². The van der Waals surface area contributed by atoms with E-state index in [1.54, 1.807) is 12.1 Å². The van der Waals surface area contributed by atoms with E-state index >= 15 is 0 Å². The molecule has 0 aliphatic rings. The zero-order chi connectivity index (χ0) is 10.8. The van der Waals surface area contributed by atoms with E-state index in [0.29, 0.717) is 5.69 Å². The second-order valence-electron chi connectivity index (χ2n) is 2.50. The molecule has 0 aliphatic carbocycles. The molecule has 0 saturated heterocycles. The third-order valence-electron chi connectivity index (χ3n) is 1.36. The number of halogens is 3. The molecule has 0 aromatic heterocycles. The molecule has 1 rings (SSSR count). The molecule has 1 amide bonds. The van der Waals surface area contributed by atoms with Crippen LogP contribution in [0.25, 0.3) is 0 Å². The molecule has 0 aliphatic heterocycles. The topological polar surface area (TPSA) is 49.3 Å². The van der Waals surface area contributed by atoms with Crippen molar-refractivity contribution in [3.8, 4) is 5.75 Å². The Morgan fingerprint density at radius 1 is 1.36 bits per heavy atom. The summed E-state index contributed by atoms with van der Waals surface area (Å²) in [6.07, 6.45) is 0. The van der Waals surface area contributed by atoms with E-state index in [1.807, 2.05) is 0 Å². The fraction of sp³-hybridized carbons (Fsp3) is 0.125. The molecule has 76 valence electrons. The van der Waals surface area contributed by atoms with Gasteiger partial charge >= 0.3 is 0 Å². The minimum Gasteiger partial charge on any atom is -0.508 e. The molecule has 0 fully saturated rings. The van der Waals surface area contributed by atoms with Gasteiger partial charge in [-0.25, -0.2) is 0 Å². The number of amides is 1. The van der Waals surface area contributed by atoms with E-state index in [1.165, 1.54) is 12.1 Å². The predicted molar refractivity (Wildman–Crippen MR) is 57.0 cm³/mol. The first-order valence-corrected chi connectivity index (χ1v) is 4.70. The highest BCUT2D eigenvalue weighted by atomic mass is 35.6. The van der Waals surface area contributed by atoms with Crippen LogP contribution in [0.1, 0.15) is 0 Å². The van der Waals surface area contributed by atoms with Gasteiger partial charge in [0.2, 0.25) is 0 Å². The number of phenolic OH excluding ortho intramolecular Hbond substituents is 1. The minimum atomic E-state index is -2.01. The Labute approximate surface area is 95.6 Å². The van der Waals surface area contributed by atoms with Gasteiger partial charge in [0.15, 0.2) is 0 Å². The molecule has 0 spiro atoms. The lowest BCUT2D eigenvalue weighted by molar-refractivity contribution is -0.115. The van der Waals surface area contributed by atoms with Gasteiger partial charge in [-0.2, -0.15) is 0 Å². The Bertz CT molecular complexity index is 349. The number of phenols is 1. The van der Waals surface area contributed by atoms with E-state index < -0.39 is 9.70 Å². The number of benzene rings is 1. The van der Waals surface area contributed by atoms with Crippen molar-refractivity contribution in [1.29, 1.82) is 0 Å². The number of anilines is 1. The Hall–Kier alpha value is -0.640. The minimum absolute atomic E-state index is 0.0205. The highest BCUT2D eigenvalue weighted by Crippen LogP contribution is 2.28. The Kier molecular flexibility index (Phi) is 3.48. The second-order valence-corrected chi connectivity index (χ2v) is 4.78. The standard InChI is InChI=1S/C8H6Cl3NO2/c9-8(10,11)7(14)12-5-2-1-3-6(13)4-5/h1-4,13H,(H,12,14). The SMILES string of the molecule is O=C(Nc1cccc(O)c1)C(Cl)(Cl)Cl. The van der Waals surface area contributed by atoms with Crippen LogP contribution in [-0.4, -0.2) is 14.8 Å². The maximum Gasteiger partial charge on any atom is 0.276 e. The normalized spacial score (nSPS) is 11.1. The van der Waals surface area contributed by atoms with Crippen molar-refractivity contribution in [2.24, 2.45) is 0 Å². The van der Waals surface area contributed by atoms with E-state index in [9.17, 15) is 4.79 Å². The predicted octanol–water partition coefficient (Wildman–Crippen LogP) is 2.70. The summed E-state index contributed by atoms with van der Waals surface area (Å²) < 4.78 is -2.01. The highest BCUT2D eigenvalue weighted by molar-refractivity contribution is 6.76. The van der Waals surface area contributed by atoms with Crippen LogP contribution in [0.15, 0.2) is 24.3 Å². The van der Waals surface area contributed by atoms with Gasteiger partial charge in [-0.15, -0.1) is 0 Å². The maximum atomic E-state index is 11.2. The van der Waals surface area contributed by atoms with Crippen LogP contribution in [0.4, 0.5) is 5.69 Å². The van der Waals surface area contributed by atoms with Crippen molar-refractivity contribution in [1.82, 2.24) is 0 Å². The summed E-state index contributed by atoms with van der Waals surface area (Å²) in [6, 6.07) is 5.93. The summed E-state index contributed by atoms with van der Waals surface area (Å²) in [5.74, 6) is -0.750. The molecule has 14 heavy (non-hydrogen) atoms. The molecular weight excluding hydrogens is 248 g/mol. The lowest BCUT2D eigenvalue weighted by Gasteiger charge is -2.11. The molecule has 2 N–H and O–H groups in total. The number of carbonyl (C=O) groups is 1. The number of alkyl halides is 3. The van der Waals surface area contributed by atoms with Crippen molar-refractivity contribution >= 4 is 46.4 Å². The Balaban J connectivity index is 2.75. The number of carbonyl (C=O) groups excluding carboxylic acids is 1. The molecule has 0 bridgehead atoms. The van der Waals surface area contributed by atoms with Crippen LogP contribution in [0, 0.1) is 0 Å². The lowest BCUT2D eigenvalue weighted by atomic mass is 10.3. The van der Waals surface area contributed by atoms with Crippen LogP contribution in [0.3, 0.4) is 0 Å². The molecule has 0 atom stereocenters. The summed E-state index contributed by atoms with van der Waals surface area (Å²) in [5.41, 5.74) is 0.362. The fourth-order valence-electron chi connectivity index (χ4n) is 0.786.